The number of thiocarbonyl (C=S) groups is 1. The molecule has 4 rings (SSSR count). The number of benzene rings is 3. The van der Waals surface area contributed by atoms with Crippen LogP contribution < -0.4 is 15.4 Å². The van der Waals surface area contributed by atoms with Crippen LogP contribution in [0.1, 0.15) is 29.3 Å². The van der Waals surface area contributed by atoms with E-state index in [0.29, 0.717) is 17.9 Å². The Bertz CT molecular complexity index is 1250. The van der Waals surface area contributed by atoms with Gasteiger partial charge in [0.15, 0.2) is 5.11 Å². The van der Waals surface area contributed by atoms with E-state index < -0.39 is 0 Å². The third-order valence-corrected chi connectivity index (χ3v) is 6.10. The van der Waals surface area contributed by atoms with E-state index in [2.05, 4.69) is 22.8 Å². The average Bonchev–Trinajstić information content (AvgIpc) is 3.23. The fourth-order valence-corrected chi connectivity index (χ4v) is 4.37. The van der Waals surface area contributed by atoms with Gasteiger partial charge in [0, 0.05) is 16.8 Å². The minimum absolute atomic E-state index is 0.241. The van der Waals surface area contributed by atoms with Gasteiger partial charge in [0.05, 0.1) is 16.8 Å². The fourth-order valence-electron chi connectivity index (χ4n) is 3.21. The van der Waals surface area contributed by atoms with Gasteiger partial charge in [0.25, 0.3) is 5.91 Å². The lowest BCUT2D eigenvalue weighted by atomic mass is 10.1. The van der Waals surface area contributed by atoms with Gasteiger partial charge >= 0.3 is 0 Å². The lowest BCUT2D eigenvalue weighted by Crippen LogP contribution is -2.34. The molecule has 0 aliphatic carbocycles. The number of carbonyl (C=O) groups is 1. The Morgan fingerprint density at radius 2 is 1.94 bits per heavy atom. The first-order valence-corrected chi connectivity index (χ1v) is 11.6. The van der Waals surface area contributed by atoms with Gasteiger partial charge in [-0.25, -0.2) is 4.98 Å². The molecular formula is C25H23N3O2S2. The number of fused-ring (bicyclic) bond motifs is 1. The summed E-state index contributed by atoms with van der Waals surface area (Å²) in [6.07, 6.45) is 0.904. The molecule has 2 N–H and O–H groups in total. The maximum atomic E-state index is 12.6. The summed E-state index contributed by atoms with van der Waals surface area (Å²) < 4.78 is 6.76. The van der Waals surface area contributed by atoms with E-state index in [1.165, 1.54) is 0 Å². The molecule has 1 heterocycles. The third kappa shape index (κ3) is 5.12. The number of para-hydroxylation sites is 1. The number of carbonyl (C=O) groups excluding carboxylic acids is 1. The molecule has 0 saturated heterocycles. The van der Waals surface area contributed by atoms with E-state index in [1.807, 2.05) is 50.2 Å². The Balaban J connectivity index is 1.42. The number of aromatic nitrogens is 1. The normalized spacial score (nSPS) is 10.7. The van der Waals surface area contributed by atoms with Crippen molar-refractivity contribution in [3.63, 3.8) is 0 Å². The summed E-state index contributed by atoms with van der Waals surface area (Å²) in [5.74, 6) is 0.382. The van der Waals surface area contributed by atoms with Crippen LogP contribution in [0.2, 0.25) is 0 Å². The molecule has 3 aromatic carbocycles. The largest absolute Gasteiger partial charge is 0.494 e. The van der Waals surface area contributed by atoms with Crippen molar-refractivity contribution in [2.24, 2.45) is 0 Å². The number of ether oxygens (including phenoxy) is 1. The molecule has 5 nitrogen and oxygen atoms in total. The quantitative estimate of drug-likeness (QED) is 0.335. The molecule has 32 heavy (non-hydrogen) atoms. The molecule has 0 aliphatic heterocycles. The SMILES string of the molecule is CCCOc1cccc(C(=O)NC(=S)Nc2ccc(-c3nc4ccccc4s3)cc2C)c1. The predicted octanol–water partition coefficient (Wildman–Crippen LogP) is 6.19. The molecule has 1 amide bonds. The van der Waals surface area contributed by atoms with E-state index in [4.69, 9.17) is 21.9 Å². The highest BCUT2D eigenvalue weighted by atomic mass is 32.1. The molecule has 0 bridgehead atoms. The first kappa shape index (κ1) is 21.9. The van der Waals surface area contributed by atoms with Crippen molar-refractivity contribution < 1.29 is 9.53 Å². The van der Waals surface area contributed by atoms with Crippen LogP contribution in [0.4, 0.5) is 5.69 Å². The molecule has 162 valence electrons. The fraction of sp³-hybridized carbons (Fsp3) is 0.160. The molecule has 0 unspecified atom stereocenters. The number of aryl methyl sites for hydroxylation is 1. The van der Waals surface area contributed by atoms with Crippen LogP contribution in [-0.4, -0.2) is 22.6 Å². The maximum absolute atomic E-state index is 12.6. The number of hydrogen-bond donors (Lipinski definition) is 2. The second-order valence-electron chi connectivity index (χ2n) is 7.30. The van der Waals surface area contributed by atoms with Crippen LogP contribution in [0.5, 0.6) is 5.75 Å². The Hall–Kier alpha value is -3.29. The van der Waals surface area contributed by atoms with E-state index in [0.717, 1.165) is 38.5 Å². The van der Waals surface area contributed by atoms with Gasteiger partial charge in [-0.15, -0.1) is 11.3 Å². The zero-order chi connectivity index (χ0) is 22.5. The zero-order valence-corrected chi connectivity index (χ0v) is 19.5. The van der Waals surface area contributed by atoms with E-state index >= 15 is 0 Å². The van der Waals surface area contributed by atoms with Gasteiger partial charge in [-0.05, 0) is 79.7 Å². The highest BCUT2D eigenvalue weighted by Gasteiger charge is 2.12. The van der Waals surface area contributed by atoms with Crippen molar-refractivity contribution in [2.75, 3.05) is 11.9 Å². The number of rotatable bonds is 6. The van der Waals surface area contributed by atoms with Crippen LogP contribution in [0, 0.1) is 6.92 Å². The number of thiazole rings is 1. The van der Waals surface area contributed by atoms with Crippen molar-refractivity contribution in [2.45, 2.75) is 20.3 Å². The topological polar surface area (TPSA) is 63.2 Å². The molecule has 0 radical (unpaired) electrons. The summed E-state index contributed by atoms with van der Waals surface area (Å²) in [4.78, 5) is 17.3. The molecule has 0 aliphatic rings. The first-order valence-electron chi connectivity index (χ1n) is 10.4. The molecular weight excluding hydrogens is 438 g/mol. The predicted molar refractivity (Wildman–Crippen MR) is 136 cm³/mol. The molecule has 7 heteroatoms. The average molecular weight is 462 g/mol. The number of nitrogens with zero attached hydrogens (tertiary/aromatic N) is 1. The summed E-state index contributed by atoms with van der Waals surface area (Å²) in [6.45, 7) is 4.64. The van der Waals surface area contributed by atoms with Gasteiger partial charge < -0.3 is 10.1 Å². The number of amides is 1. The highest BCUT2D eigenvalue weighted by molar-refractivity contribution is 7.80. The molecule has 4 aromatic rings. The summed E-state index contributed by atoms with van der Waals surface area (Å²) in [6, 6.07) is 21.2. The Labute approximate surface area is 196 Å². The standard InChI is InChI=1S/C25H23N3O2S2/c1-3-13-30-19-8-6-7-17(15-19)23(29)28-25(31)27-20-12-11-18(14-16(20)2)24-26-21-9-4-5-10-22(21)32-24/h4-12,14-15H,3,13H2,1-2H3,(H2,27,28,29,31). The minimum Gasteiger partial charge on any atom is -0.494 e. The lowest BCUT2D eigenvalue weighted by molar-refractivity contribution is 0.0977. The maximum Gasteiger partial charge on any atom is 0.257 e. The Morgan fingerprint density at radius 3 is 2.72 bits per heavy atom. The van der Waals surface area contributed by atoms with E-state index in [9.17, 15) is 4.79 Å². The number of nitrogens with one attached hydrogen (secondary N) is 2. The summed E-state index contributed by atoms with van der Waals surface area (Å²) in [7, 11) is 0. The Kier molecular flexibility index (Phi) is 6.78. The van der Waals surface area contributed by atoms with Crippen molar-refractivity contribution in [3.8, 4) is 16.3 Å². The zero-order valence-electron chi connectivity index (χ0n) is 17.8. The van der Waals surface area contributed by atoms with Gasteiger partial charge in [-0.1, -0.05) is 25.1 Å². The van der Waals surface area contributed by atoms with Crippen LogP contribution in [0.15, 0.2) is 66.7 Å². The molecule has 1 aromatic heterocycles. The van der Waals surface area contributed by atoms with E-state index in [-0.39, 0.29) is 11.0 Å². The summed E-state index contributed by atoms with van der Waals surface area (Å²) >= 11 is 7.03. The van der Waals surface area contributed by atoms with Crippen molar-refractivity contribution >= 4 is 50.5 Å². The van der Waals surface area contributed by atoms with E-state index in [1.54, 1.807) is 29.5 Å². The summed E-state index contributed by atoms with van der Waals surface area (Å²) in [5, 5.41) is 7.07. The van der Waals surface area contributed by atoms with Crippen molar-refractivity contribution in [3.05, 3.63) is 77.9 Å². The van der Waals surface area contributed by atoms with Crippen LogP contribution in [0.25, 0.3) is 20.8 Å². The molecule has 0 spiro atoms. The third-order valence-electron chi connectivity index (χ3n) is 4.81. The van der Waals surface area contributed by atoms with Crippen LogP contribution in [0.3, 0.4) is 0 Å². The lowest BCUT2D eigenvalue weighted by Gasteiger charge is -2.13. The highest BCUT2D eigenvalue weighted by Crippen LogP contribution is 2.31. The smallest absolute Gasteiger partial charge is 0.257 e. The molecule has 0 fully saturated rings. The van der Waals surface area contributed by atoms with Crippen molar-refractivity contribution in [1.29, 1.82) is 0 Å². The van der Waals surface area contributed by atoms with Crippen LogP contribution >= 0.6 is 23.6 Å². The van der Waals surface area contributed by atoms with Gasteiger partial charge in [-0.2, -0.15) is 0 Å². The van der Waals surface area contributed by atoms with Gasteiger partial charge in [0.2, 0.25) is 0 Å². The minimum atomic E-state index is -0.284. The van der Waals surface area contributed by atoms with Crippen LogP contribution in [-0.2, 0) is 0 Å². The number of anilines is 1. The second kappa shape index (κ2) is 9.89. The van der Waals surface area contributed by atoms with Crippen molar-refractivity contribution in [1.82, 2.24) is 10.3 Å². The van der Waals surface area contributed by atoms with Gasteiger partial charge in [-0.3, -0.25) is 10.1 Å². The summed E-state index contributed by atoms with van der Waals surface area (Å²) in [5.41, 5.74) is 4.38. The number of hydrogen-bond acceptors (Lipinski definition) is 5. The monoisotopic (exact) mass is 461 g/mol. The molecule has 0 atom stereocenters. The first-order chi connectivity index (χ1) is 15.5. The second-order valence-corrected chi connectivity index (χ2v) is 8.74. The Morgan fingerprint density at radius 1 is 1.09 bits per heavy atom. The van der Waals surface area contributed by atoms with Gasteiger partial charge in [0.1, 0.15) is 10.8 Å². The molecule has 0 saturated carbocycles.